The fourth-order valence-corrected chi connectivity index (χ4v) is 2.32. The van der Waals surface area contributed by atoms with Gasteiger partial charge in [-0.1, -0.05) is 13.3 Å². The molecule has 0 amide bonds. The second-order valence-corrected chi connectivity index (χ2v) is 4.95. The van der Waals surface area contributed by atoms with Crippen molar-refractivity contribution in [3.8, 4) is 0 Å². The van der Waals surface area contributed by atoms with Crippen LogP contribution in [0.4, 0.5) is 0 Å². The minimum absolute atomic E-state index is 0.127. The Morgan fingerprint density at radius 3 is 2.94 bits per heavy atom. The van der Waals surface area contributed by atoms with E-state index in [9.17, 15) is 4.79 Å². The highest BCUT2D eigenvalue weighted by Gasteiger charge is 2.11. The predicted octanol–water partition coefficient (Wildman–Crippen LogP) is 1.60. The standard InChI is InChI=1S/C12H18O4S/c1-2-3-10-4-5-11(17-10)12(15)16-7-6-9(14)8-13/h4-5,9,13-14H,2-3,6-8H2,1H3. The van der Waals surface area contributed by atoms with E-state index in [1.807, 2.05) is 6.07 Å². The first-order valence-corrected chi connectivity index (χ1v) is 6.53. The van der Waals surface area contributed by atoms with Crippen molar-refractivity contribution in [2.24, 2.45) is 0 Å². The SMILES string of the molecule is CCCc1ccc(C(=O)OCCC(O)CO)s1. The Kier molecular flexibility index (Phi) is 6.18. The molecular formula is C12H18O4S. The highest BCUT2D eigenvalue weighted by molar-refractivity contribution is 7.13. The third-order valence-electron chi connectivity index (χ3n) is 2.25. The lowest BCUT2D eigenvalue weighted by Crippen LogP contribution is -2.16. The number of hydrogen-bond acceptors (Lipinski definition) is 5. The van der Waals surface area contributed by atoms with E-state index in [-0.39, 0.29) is 25.6 Å². The van der Waals surface area contributed by atoms with Crippen molar-refractivity contribution in [2.75, 3.05) is 13.2 Å². The molecule has 0 aliphatic heterocycles. The van der Waals surface area contributed by atoms with Gasteiger partial charge < -0.3 is 14.9 Å². The number of rotatable bonds is 7. The van der Waals surface area contributed by atoms with Crippen LogP contribution in [-0.4, -0.2) is 35.5 Å². The van der Waals surface area contributed by atoms with Gasteiger partial charge in [-0.3, -0.25) is 0 Å². The fourth-order valence-electron chi connectivity index (χ4n) is 1.32. The molecule has 0 saturated carbocycles. The highest BCUT2D eigenvalue weighted by atomic mass is 32.1. The molecule has 0 aliphatic rings. The molecule has 1 atom stereocenters. The maximum atomic E-state index is 11.6. The number of carbonyl (C=O) groups is 1. The Labute approximate surface area is 105 Å². The Morgan fingerprint density at radius 2 is 2.29 bits per heavy atom. The van der Waals surface area contributed by atoms with Crippen molar-refractivity contribution >= 4 is 17.3 Å². The summed E-state index contributed by atoms with van der Waals surface area (Å²) in [6.45, 7) is 1.91. The van der Waals surface area contributed by atoms with Gasteiger partial charge in [0.2, 0.25) is 0 Å². The zero-order valence-electron chi connectivity index (χ0n) is 9.89. The zero-order valence-corrected chi connectivity index (χ0v) is 10.7. The van der Waals surface area contributed by atoms with E-state index < -0.39 is 6.10 Å². The first-order valence-electron chi connectivity index (χ1n) is 5.72. The summed E-state index contributed by atoms with van der Waals surface area (Å²) in [6.07, 6.45) is 1.47. The largest absolute Gasteiger partial charge is 0.461 e. The minimum Gasteiger partial charge on any atom is -0.461 e. The zero-order chi connectivity index (χ0) is 12.7. The van der Waals surface area contributed by atoms with Crippen LogP contribution >= 0.6 is 11.3 Å². The van der Waals surface area contributed by atoms with Crippen LogP contribution in [0.3, 0.4) is 0 Å². The summed E-state index contributed by atoms with van der Waals surface area (Å²) in [4.78, 5) is 13.3. The number of ether oxygens (including phenoxy) is 1. The number of aryl methyl sites for hydroxylation is 1. The lowest BCUT2D eigenvalue weighted by Gasteiger charge is -2.06. The second kappa shape index (κ2) is 7.42. The van der Waals surface area contributed by atoms with Crippen molar-refractivity contribution in [3.05, 3.63) is 21.9 Å². The van der Waals surface area contributed by atoms with Crippen molar-refractivity contribution in [3.63, 3.8) is 0 Å². The molecule has 1 unspecified atom stereocenters. The van der Waals surface area contributed by atoms with Gasteiger partial charge in [-0.25, -0.2) is 4.79 Å². The molecule has 4 nitrogen and oxygen atoms in total. The predicted molar refractivity (Wildman–Crippen MR) is 66.3 cm³/mol. The summed E-state index contributed by atoms with van der Waals surface area (Å²) < 4.78 is 4.99. The van der Waals surface area contributed by atoms with Crippen molar-refractivity contribution in [1.29, 1.82) is 0 Å². The molecule has 0 bridgehead atoms. The minimum atomic E-state index is -0.818. The van der Waals surface area contributed by atoms with Gasteiger partial charge in [-0.15, -0.1) is 11.3 Å². The Hall–Kier alpha value is -0.910. The van der Waals surface area contributed by atoms with E-state index in [1.165, 1.54) is 16.2 Å². The van der Waals surface area contributed by atoms with E-state index in [0.717, 1.165) is 12.8 Å². The summed E-state index contributed by atoms with van der Waals surface area (Å²) in [5.74, 6) is -0.359. The van der Waals surface area contributed by atoms with Crippen LogP contribution in [0.2, 0.25) is 0 Å². The van der Waals surface area contributed by atoms with Crippen LogP contribution in [0.5, 0.6) is 0 Å². The third kappa shape index (κ3) is 4.85. The summed E-state index contributed by atoms with van der Waals surface area (Å²) in [6, 6.07) is 3.70. The van der Waals surface area contributed by atoms with Crippen LogP contribution in [0.1, 0.15) is 34.3 Å². The molecule has 1 aromatic heterocycles. The molecule has 1 heterocycles. The van der Waals surface area contributed by atoms with E-state index in [0.29, 0.717) is 4.88 Å². The van der Waals surface area contributed by atoms with Gasteiger partial charge in [0.1, 0.15) is 4.88 Å². The van der Waals surface area contributed by atoms with E-state index in [1.54, 1.807) is 6.07 Å². The van der Waals surface area contributed by atoms with Gasteiger partial charge in [-0.05, 0) is 18.6 Å². The summed E-state index contributed by atoms with van der Waals surface area (Å²) in [7, 11) is 0. The van der Waals surface area contributed by atoms with Gasteiger partial charge in [0.15, 0.2) is 0 Å². The van der Waals surface area contributed by atoms with E-state index >= 15 is 0 Å². The number of aliphatic hydroxyl groups is 2. The van der Waals surface area contributed by atoms with E-state index in [2.05, 4.69) is 6.92 Å². The lowest BCUT2D eigenvalue weighted by molar-refractivity contribution is 0.0351. The highest BCUT2D eigenvalue weighted by Crippen LogP contribution is 2.18. The van der Waals surface area contributed by atoms with Crippen LogP contribution in [0, 0.1) is 0 Å². The van der Waals surface area contributed by atoms with Gasteiger partial charge in [0.25, 0.3) is 0 Å². The second-order valence-electron chi connectivity index (χ2n) is 3.78. The smallest absolute Gasteiger partial charge is 0.348 e. The first-order chi connectivity index (χ1) is 8.17. The number of esters is 1. The van der Waals surface area contributed by atoms with Crippen molar-refractivity contribution in [2.45, 2.75) is 32.3 Å². The average molecular weight is 258 g/mol. The molecule has 0 aromatic carbocycles. The van der Waals surface area contributed by atoms with Crippen LogP contribution in [0.25, 0.3) is 0 Å². The topological polar surface area (TPSA) is 66.8 Å². The Balaban J connectivity index is 2.36. The van der Waals surface area contributed by atoms with Gasteiger partial charge in [0, 0.05) is 11.3 Å². The van der Waals surface area contributed by atoms with Gasteiger partial charge >= 0.3 is 5.97 Å². The summed E-state index contributed by atoms with van der Waals surface area (Å²) >= 11 is 1.44. The van der Waals surface area contributed by atoms with Gasteiger partial charge in [0.05, 0.1) is 19.3 Å². The van der Waals surface area contributed by atoms with Crippen LogP contribution in [-0.2, 0) is 11.2 Å². The molecule has 96 valence electrons. The number of hydrogen-bond donors (Lipinski definition) is 2. The quantitative estimate of drug-likeness (QED) is 0.729. The van der Waals surface area contributed by atoms with E-state index in [4.69, 9.17) is 14.9 Å². The number of thiophene rings is 1. The fraction of sp³-hybridized carbons (Fsp3) is 0.583. The monoisotopic (exact) mass is 258 g/mol. The molecule has 1 rings (SSSR count). The first kappa shape index (κ1) is 14.2. The normalized spacial score (nSPS) is 12.4. The molecule has 0 fully saturated rings. The Bertz CT molecular complexity index is 348. The van der Waals surface area contributed by atoms with Crippen molar-refractivity contribution < 1.29 is 19.7 Å². The molecule has 0 aliphatic carbocycles. The van der Waals surface area contributed by atoms with Gasteiger partial charge in [-0.2, -0.15) is 0 Å². The molecule has 2 N–H and O–H groups in total. The Morgan fingerprint density at radius 1 is 1.53 bits per heavy atom. The molecule has 0 radical (unpaired) electrons. The molecule has 5 heteroatoms. The maximum absolute atomic E-state index is 11.6. The number of aliphatic hydroxyl groups excluding tert-OH is 2. The third-order valence-corrected chi connectivity index (χ3v) is 3.38. The molecule has 17 heavy (non-hydrogen) atoms. The van der Waals surface area contributed by atoms with Crippen LogP contribution in [0.15, 0.2) is 12.1 Å². The average Bonchev–Trinajstić information content (AvgIpc) is 2.78. The molecule has 0 spiro atoms. The molecule has 0 saturated heterocycles. The van der Waals surface area contributed by atoms with Crippen LogP contribution < -0.4 is 0 Å². The lowest BCUT2D eigenvalue weighted by atomic mass is 10.3. The summed E-state index contributed by atoms with van der Waals surface area (Å²) in [5, 5.41) is 17.7. The summed E-state index contributed by atoms with van der Waals surface area (Å²) in [5.41, 5.74) is 0. The van der Waals surface area contributed by atoms with Crippen molar-refractivity contribution in [1.82, 2.24) is 0 Å². The maximum Gasteiger partial charge on any atom is 0.348 e. The molecule has 1 aromatic rings. The number of carbonyl (C=O) groups excluding carboxylic acids is 1. The molecular weight excluding hydrogens is 240 g/mol.